The van der Waals surface area contributed by atoms with Crippen molar-refractivity contribution in [3.8, 4) is 0 Å². The highest BCUT2D eigenvalue weighted by molar-refractivity contribution is 6.11. The van der Waals surface area contributed by atoms with Crippen molar-refractivity contribution in [1.29, 1.82) is 0 Å². The van der Waals surface area contributed by atoms with E-state index in [1.807, 2.05) is 48.6 Å². The van der Waals surface area contributed by atoms with Gasteiger partial charge in [0.2, 0.25) is 5.91 Å². The standard InChI is InChI=1S/C25H21N5O3/c31-23(21-15-26-11-12-27-21)29-20-10-13-30-22(20)24(32)28-19-9-8-17(14-18(19)25(30)33)7-6-16-4-2-1-3-5-16/h1-9,11-12,14-15,20,22H,10,13H2,(H,28,32)(H,29,31)/b7-6+/t20-,22-/m0/s1. The van der Waals surface area contributed by atoms with E-state index in [9.17, 15) is 14.4 Å². The van der Waals surface area contributed by atoms with Crippen molar-refractivity contribution in [2.45, 2.75) is 18.5 Å². The third-order valence-electron chi connectivity index (χ3n) is 5.84. The van der Waals surface area contributed by atoms with E-state index in [0.29, 0.717) is 24.2 Å². The Balaban J connectivity index is 1.38. The maximum Gasteiger partial charge on any atom is 0.271 e. The minimum atomic E-state index is -0.797. The number of hydrogen-bond donors (Lipinski definition) is 2. The van der Waals surface area contributed by atoms with Gasteiger partial charge < -0.3 is 15.5 Å². The fourth-order valence-corrected chi connectivity index (χ4v) is 4.22. The highest BCUT2D eigenvalue weighted by Gasteiger charge is 2.45. The molecule has 3 aromatic rings. The number of amides is 3. The van der Waals surface area contributed by atoms with Crippen molar-refractivity contribution in [2.75, 3.05) is 11.9 Å². The summed E-state index contributed by atoms with van der Waals surface area (Å²) in [5, 5.41) is 5.71. The van der Waals surface area contributed by atoms with Crippen LogP contribution >= 0.6 is 0 Å². The molecule has 2 N–H and O–H groups in total. The highest BCUT2D eigenvalue weighted by atomic mass is 16.2. The van der Waals surface area contributed by atoms with Gasteiger partial charge in [0, 0.05) is 18.9 Å². The van der Waals surface area contributed by atoms with Gasteiger partial charge in [0.1, 0.15) is 11.7 Å². The number of benzene rings is 2. The number of carbonyl (C=O) groups excluding carboxylic acids is 3. The van der Waals surface area contributed by atoms with Crippen LogP contribution in [0, 0.1) is 0 Å². The Hall–Kier alpha value is -4.33. The summed E-state index contributed by atoms with van der Waals surface area (Å²) in [6, 6.07) is 13.9. The zero-order chi connectivity index (χ0) is 22.8. The van der Waals surface area contributed by atoms with Crippen LogP contribution in [0.25, 0.3) is 12.2 Å². The number of fused-ring (bicyclic) bond motifs is 2. The second-order valence-electron chi connectivity index (χ2n) is 7.94. The fraction of sp³-hybridized carbons (Fsp3) is 0.160. The van der Waals surface area contributed by atoms with E-state index < -0.39 is 18.0 Å². The van der Waals surface area contributed by atoms with Crippen molar-refractivity contribution in [2.24, 2.45) is 0 Å². The number of nitrogens with zero attached hydrogens (tertiary/aromatic N) is 3. The van der Waals surface area contributed by atoms with E-state index >= 15 is 0 Å². The van der Waals surface area contributed by atoms with Crippen LogP contribution in [-0.4, -0.2) is 51.2 Å². The van der Waals surface area contributed by atoms with Gasteiger partial charge in [-0.25, -0.2) is 4.98 Å². The Morgan fingerprint density at radius 1 is 1.06 bits per heavy atom. The zero-order valence-corrected chi connectivity index (χ0v) is 17.6. The minimum absolute atomic E-state index is 0.162. The summed E-state index contributed by atoms with van der Waals surface area (Å²) in [7, 11) is 0. The Morgan fingerprint density at radius 3 is 2.67 bits per heavy atom. The molecular weight excluding hydrogens is 418 g/mol. The van der Waals surface area contributed by atoms with Crippen LogP contribution in [-0.2, 0) is 4.79 Å². The summed E-state index contributed by atoms with van der Waals surface area (Å²) in [6.07, 6.45) is 8.64. The van der Waals surface area contributed by atoms with Gasteiger partial charge in [0.05, 0.1) is 23.5 Å². The molecule has 3 amide bonds. The van der Waals surface area contributed by atoms with Gasteiger partial charge in [-0.3, -0.25) is 19.4 Å². The van der Waals surface area contributed by atoms with Crippen LogP contribution in [0.2, 0.25) is 0 Å². The average Bonchev–Trinajstić information content (AvgIpc) is 3.23. The summed E-state index contributed by atoms with van der Waals surface area (Å²) in [5.41, 5.74) is 2.96. The molecule has 2 atom stereocenters. The predicted molar refractivity (Wildman–Crippen MR) is 123 cm³/mol. The van der Waals surface area contributed by atoms with Gasteiger partial charge >= 0.3 is 0 Å². The van der Waals surface area contributed by atoms with Crippen LogP contribution in [0.1, 0.15) is 38.4 Å². The summed E-state index contributed by atoms with van der Waals surface area (Å²) in [6.45, 7) is 0.367. The van der Waals surface area contributed by atoms with Gasteiger partial charge in [-0.2, -0.15) is 0 Å². The van der Waals surface area contributed by atoms with E-state index in [-0.39, 0.29) is 17.5 Å². The van der Waals surface area contributed by atoms with E-state index in [0.717, 1.165) is 11.1 Å². The number of nitrogens with one attached hydrogen (secondary N) is 2. The molecule has 0 aliphatic carbocycles. The molecule has 0 radical (unpaired) electrons. The molecule has 1 fully saturated rings. The van der Waals surface area contributed by atoms with E-state index in [4.69, 9.17) is 0 Å². The monoisotopic (exact) mass is 439 g/mol. The number of carbonyl (C=O) groups is 3. The lowest BCUT2D eigenvalue weighted by Crippen LogP contribution is -2.51. The van der Waals surface area contributed by atoms with Crippen molar-refractivity contribution in [1.82, 2.24) is 20.2 Å². The summed E-state index contributed by atoms with van der Waals surface area (Å²) in [4.78, 5) is 48.4. The largest absolute Gasteiger partial charge is 0.345 e. The third kappa shape index (κ3) is 4.10. The Labute approximate surface area is 190 Å². The van der Waals surface area contributed by atoms with E-state index in [1.54, 1.807) is 12.1 Å². The molecule has 5 rings (SSSR count). The van der Waals surface area contributed by atoms with E-state index in [1.165, 1.54) is 23.5 Å². The lowest BCUT2D eigenvalue weighted by molar-refractivity contribution is -0.120. The first kappa shape index (κ1) is 20.6. The molecule has 0 saturated carbocycles. The molecule has 0 bridgehead atoms. The molecule has 33 heavy (non-hydrogen) atoms. The smallest absolute Gasteiger partial charge is 0.271 e. The summed E-state index contributed by atoms with van der Waals surface area (Å²) >= 11 is 0. The maximum absolute atomic E-state index is 13.4. The molecule has 0 spiro atoms. The second-order valence-corrected chi connectivity index (χ2v) is 7.94. The minimum Gasteiger partial charge on any atom is -0.345 e. The molecule has 8 heteroatoms. The molecule has 2 aromatic carbocycles. The first-order valence-electron chi connectivity index (χ1n) is 10.7. The van der Waals surface area contributed by atoms with Crippen molar-refractivity contribution < 1.29 is 14.4 Å². The van der Waals surface area contributed by atoms with E-state index in [2.05, 4.69) is 20.6 Å². The molecule has 1 aromatic heterocycles. The number of aromatic nitrogens is 2. The number of hydrogen-bond acceptors (Lipinski definition) is 5. The number of rotatable bonds is 4. The normalized spacial score (nSPS) is 19.6. The van der Waals surface area contributed by atoms with Crippen LogP contribution < -0.4 is 10.6 Å². The van der Waals surface area contributed by atoms with Gasteiger partial charge in [-0.1, -0.05) is 48.6 Å². The molecule has 2 aliphatic heterocycles. The zero-order valence-electron chi connectivity index (χ0n) is 17.6. The first-order chi connectivity index (χ1) is 16.1. The molecule has 1 saturated heterocycles. The van der Waals surface area contributed by atoms with Crippen LogP contribution in [0.4, 0.5) is 5.69 Å². The SMILES string of the molecule is O=C(N[C@H]1CCN2C(=O)c3cc(/C=C/c4ccccc4)ccc3NC(=O)[C@H]12)c1cnccn1. The number of anilines is 1. The van der Waals surface area contributed by atoms with Crippen LogP contribution in [0.3, 0.4) is 0 Å². The second kappa shape index (κ2) is 8.66. The lowest BCUT2D eigenvalue weighted by Gasteiger charge is -2.24. The van der Waals surface area contributed by atoms with Crippen molar-refractivity contribution in [3.63, 3.8) is 0 Å². The highest BCUT2D eigenvalue weighted by Crippen LogP contribution is 2.30. The quantitative estimate of drug-likeness (QED) is 0.608. The Morgan fingerprint density at radius 2 is 1.88 bits per heavy atom. The molecule has 3 heterocycles. The molecule has 8 nitrogen and oxygen atoms in total. The van der Waals surface area contributed by atoms with Gasteiger partial charge in [0.25, 0.3) is 11.8 Å². The fourth-order valence-electron chi connectivity index (χ4n) is 4.22. The summed E-state index contributed by atoms with van der Waals surface area (Å²) in [5.74, 6) is -0.985. The van der Waals surface area contributed by atoms with Crippen molar-refractivity contribution >= 4 is 35.6 Å². The molecule has 0 unspecified atom stereocenters. The first-order valence-corrected chi connectivity index (χ1v) is 10.7. The summed E-state index contributed by atoms with van der Waals surface area (Å²) < 4.78 is 0. The third-order valence-corrected chi connectivity index (χ3v) is 5.84. The molecule has 2 aliphatic rings. The Kier molecular flexibility index (Phi) is 5.40. The van der Waals surface area contributed by atoms with Gasteiger partial charge in [-0.15, -0.1) is 0 Å². The maximum atomic E-state index is 13.4. The lowest BCUT2D eigenvalue weighted by atomic mass is 10.1. The molecule has 164 valence electrons. The molecular formula is C25H21N5O3. The van der Waals surface area contributed by atoms with Gasteiger partial charge in [-0.05, 0) is 29.7 Å². The predicted octanol–water partition coefficient (Wildman–Crippen LogP) is 2.61. The van der Waals surface area contributed by atoms with Crippen LogP contribution in [0.5, 0.6) is 0 Å². The average molecular weight is 439 g/mol. The topological polar surface area (TPSA) is 104 Å². The Bertz CT molecular complexity index is 1240. The van der Waals surface area contributed by atoms with Crippen LogP contribution in [0.15, 0.2) is 67.1 Å². The van der Waals surface area contributed by atoms with Gasteiger partial charge in [0.15, 0.2) is 0 Å². The van der Waals surface area contributed by atoms with Crippen molar-refractivity contribution in [3.05, 3.63) is 89.5 Å².